The van der Waals surface area contributed by atoms with E-state index < -0.39 is 10.0 Å². The average Bonchev–Trinajstić information content (AvgIpc) is 2.68. The number of pyridine rings is 1. The number of ether oxygens (including phenoxy) is 1. The molecule has 0 radical (unpaired) electrons. The highest BCUT2D eigenvalue weighted by atomic mass is 32.2. The van der Waals surface area contributed by atoms with E-state index in [1.807, 2.05) is 18.2 Å². The third-order valence-corrected chi connectivity index (χ3v) is 6.35. The normalized spacial score (nSPS) is 20.1. The summed E-state index contributed by atoms with van der Waals surface area (Å²) in [5.41, 5.74) is 1.34. The number of likely N-dealkylation sites (tertiary alicyclic amines) is 1. The monoisotopic (exact) mass is 402 g/mol. The number of hydrogen-bond donors (Lipinski definition) is 2. The predicted molar refractivity (Wildman–Crippen MR) is 103 cm³/mol. The van der Waals surface area contributed by atoms with Crippen molar-refractivity contribution in [2.24, 2.45) is 0 Å². The van der Waals surface area contributed by atoms with Gasteiger partial charge >= 0.3 is 0 Å². The average molecular weight is 402 g/mol. The highest BCUT2D eigenvalue weighted by molar-refractivity contribution is 7.89. The molecule has 2 aromatic rings. The standard InChI is InChI=1S/C19H22N4O4S/c24-19-13-27-18-7-6-16(10-17(18)21-19)28(25,26)22-15-5-3-9-23(12-15)11-14-4-1-2-8-20-14/h1-2,4,6-8,10,15,22H,3,5,9,11-13H2,(H,21,24)/t15-/m1/s1. The molecule has 0 aliphatic carbocycles. The summed E-state index contributed by atoms with van der Waals surface area (Å²) in [6.45, 7) is 2.17. The first-order valence-corrected chi connectivity index (χ1v) is 10.7. The first-order valence-electron chi connectivity index (χ1n) is 9.21. The maximum atomic E-state index is 12.8. The molecule has 0 saturated carbocycles. The zero-order valence-electron chi connectivity index (χ0n) is 15.3. The molecule has 28 heavy (non-hydrogen) atoms. The van der Waals surface area contributed by atoms with Crippen molar-refractivity contribution in [2.45, 2.75) is 30.3 Å². The minimum absolute atomic E-state index is 0.0640. The van der Waals surface area contributed by atoms with Crippen molar-refractivity contribution in [3.63, 3.8) is 0 Å². The second-order valence-electron chi connectivity index (χ2n) is 7.01. The molecule has 1 aromatic heterocycles. The molecule has 1 atom stereocenters. The van der Waals surface area contributed by atoms with Gasteiger partial charge in [-0.15, -0.1) is 0 Å². The van der Waals surface area contributed by atoms with E-state index in [1.165, 1.54) is 12.1 Å². The first kappa shape index (κ1) is 18.9. The van der Waals surface area contributed by atoms with E-state index in [0.29, 0.717) is 24.5 Å². The predicted octanol–water partition coefficient (Wildman–Crippen LogP) is 1.36. The lowest BCUT2D eigenvalue weighted by molar-refractivity contribution is -0.118. The number of carbonyl (C=O) groups excluding carboxylic acids is 1. The van der Waals surface area contributed by atoms with Crippen LogP contribution in [0, 0.1) is 0 Å². The van der Waals surface area contributed by atoms with Crippen molar-refractivity contribution >= 4 is 21.6 Å². The molecule has 148 valence electrons. The van der Waals surface area contributed by atoms with Crippen LogP contribution in [0.5, 0.6) is 5.75 Å². The maximum Gasteiger partial charge on any atom is 0.262 e. The number of fused-ring (bicyclic) bond motifs is 1. The molecule has 1 fully saturated rings. The van der Waals surface area contributed by atoms with Gasteiger partial charge in [-0.05, 0) is 49.7 Å². The fourth-order valence-electron chi connectivity index (χ4n) is 3.53. The lowest BCUT2D eigenvalue weighted by atomic mass is 10.1. The Morgan fingerprint density at radius 2 is 2.18 bits per heavy atom. The molecule has 1 aromatic carbocycles. The fraction of sp³-hybridized carbons (Fsp3) is 0.368. The topological polar surface area (TPSA) is 101 Å². The van der Waals surface area contributed by atoms with Crippen molar-refractivity contribution in [3.05, 3.63) is 48.3 Å². The molecule has 0 bridgehead atoms. The number of piperidine rings is 1. The molecule has 2 aliphatic heterocycles. The van der Waals surface area contributed by atoms with Gasteiger partial charge in [-0.2, -0.15) is 0 Å². The Morgan fingerprint density at radius 1 is 1.29 bits per heavy atom. The van der Waals surface area contributed by atoms with Crippen molar-refractivity contribution in [1.82, 2.24) is 14.6 Å². The van der Waals surface area contributed by atoms with Crippen LogP contribution in [-0.2, 0) is 21.4 Å². The van der Waals surface area contributed by atoms with E-state index in [2.05, 4.69) is 19.9 Å². The van der Waals surface area contributed by atoms with E-state index in [9.17, 15) is 13.2 Å². The number of rotatable bonds is 5. The van der Waals surface area contributed by atoms with E-state index in [0.717, 1.165) is 25.1 Å². The quantitative estimate of drug-likeness (QED) is 0.783. The Morgan fingerprint density at radius 3 is 3.00 bits per heavy atom. The second-order valence-corrected chi connectivity index (χ2v) is 8.73. The van der Waals surface area contributed by atoms with Gasteiger partial charge in [0.25, 0.3) is 5.91 Å². The summed E-state index contributed by atoms with van der Waals surface area (Å²) in [5, 5.41) is 2.64. The number of aromatic nitrogens is 1. The number of carbonyl (C=O) groups is 1. The third-order valence-electron chi connectivity index (χ3n) is 4.83. The van der Waals surface area contributed by atoms with Gasteiger partial charge in [0.15, 0.2) is 6.61 Å². The molecule has 0 unspecified atom stereocenters. The number of anilines is 1. The zero-order chi connectivity index (χ0) is 19.6. The molecule has 3 heterocycles. The highest BCUT2D eigenvalue weighted by Crippen LogP contribution is 2.30. The molecule has 2 aliphatic rings. The molecular weight excluding hydrogens is 380 g/mol. The SMILES string of the molecule is O=C1COc2ccc(S(=O)(=O)N[C@@H]3CCCN(Cc4ccccn4)C3)cc2N1. The number of sulfonamides is 1. The lowest BCUT2D eigenvalue weighted by Gasteiger charge is -2.32. The zero-order valence-corrected chi connectivity index (χ0v) is 16.1. The van der Waals surface area contributed by atoms with Crippen molar-refractivity contribution < 1.29 is 17.9 Å². The van der Waals surface area contributed by atoms with Gasteiger partial charge in [-0.3, -0.25) is 14.7 Å². The van der Waals surface area contributed by atoms with E-state index in [1.54, 1.807) is 12.3 Å². The number of amides is 1. The number of benzene rings is 1. The first-order chi connectivity index (χ1) is 13.5. The molecule has 9 heteroatoms. The van der Waals surface area contributed by atoms with E-state index in [-0.39, 0.29) is 23.5 Å². The number of nitrogens with one attached hydrogen (secondary N) is 2. The number of hydrogen-bond acceptors (Lipinski definition) is 6. The van der Waals surface area contributed by atoms with Crippen LogP contribution >= 0.6 is 0 Å². The molecule has 1 amide bonds. The second kappa shape index (κ2) is 7.86. The summed E-state index contributed by atoms with van der Waals surface area (Å²) >= 11 is 0. The Kier molecular flexibility index (Phi) is 5.29. The fourth-order valence-corrected chi connectivity index (χ4v) is 4.82. The Bertz CT molecular complexity index is 965. The van der Waals surface area contributed by atoms with E-state index in [4.69, 9.17) is 4.74 Å². The Balaban J connectivity index is 1.44. The smallest absolute Gasteiger partial charge is 0.262 e. The van der Waals surface area contributed by atoms with Gasteiger partial charge < -0.3 is 10.1 Å². The van der Waals surface area contributed by atoms with Crippen LogP contribution in [0.25, 0.3) is 0 Å². The van der Waals surface area contributed by atoms with Gasteiger partial charge in [-0.25, -0.2) is 13.1 Å². The third kappa shape index (κ3) is 4.32. The minimum Gasteiger partial charge on any atom is -0.482 e. The molecule has 4 rings (SSSR count). The van der Waals surface area contributed by atoms with Gasteiger partial charge in [-0.1, -0.05) is 6.07 Å². The summed E-state index contributed by atoms with van der Waals surface area (Å²) in [4.78, 5) is 18.1. The molecule has 8 nitrogen and oxygen atoms in total. The van der Waals surface area contributed by atoms with Gasteiger partial charge in [0, 0.05) is 25.3 Å². The van der Waals surface area contributed by atoms with Crippen LogP contribution in [-0.4, -0.2) is 49.9 Å². The van der Waals surface area contributed by atoms with Gasteiger partial charge in [0.1, 0.15) is 5.75 Å². The summed E-state index contributed by atoms with van der Waals surface area (Å²) in [6.07, 6.45) is 3.45. The maximum absolute atomic E-state index is 12.8. The molecular formula is C19H22N4O4S. The van der Waals surface area contributed by atoms with Crippen LogP contribution in [0.2, 0.25) is 0 Å². The van der Waals surface area contributed by atoms with Crippen LogP contribution in [0.4, 0.5) is 5.69 Å². The Labute approximate surface area is 164 Å². The van der Waals surface area contributed by atoms with Gasteiger partial charge in [0.05, 0.1) is 16.3 Å². The summed E-state index contributed by atoms with van der Waals surface area (Å²) in [6, 6.07) is 10.1. The van der Waals surface area contributed by atoms with Crippen LogP contribution < -0.4 is 14.8 Å². The molecule has 2 N–H and O–H groups in total. The highest BCUT2D eigenvalue weighted by Gasteiger charge is 2.27. The van der Waals surface area contributed by atoms with Crippen LogP contribution in [0.3, 0.4) is 0 Å². The van der Waals surface area contributed by atoms with Crippen LogP contribution in [0.15, 0.2) is 47.5 Å². The lowest BCUT2D eigenvalue weighted by Crippen LogP contribution is -2.47. The van der Waals surface area contributed by atoms with Crippen LogP contribution in [0.1, 0.15) is 18.5 Å². The summed E-state index contributed by atoms with van der Waals surface area (Å²) in [7, 11) is -3.71. The minimum atomic E-state index is -3.71. The van der Waals surface area contributed by atoms with Crippen molar-refractivity contribution in [2.75, 3.05) is 25.0 Å². The van der Waals surface area contributed by atoms with E-state index >= 15 is 0 Å². The largest absolute Gasteiger partial charge is 0.482 e. The van der Waals surface area contributed by atoms with Gasteiger partial charge in [0.2, 0.25) is 10.0 Å². The number of nitrogens with zero attached hydrogens (tertiary/aromatic N) is 2. The van der Waals surface area contributed by atoms with Crippen molar-refractivity contribution in [1.29, 1.82) is 0 Å². The molecule has 0 spiro atoms. The molecule has 1 saturated heterocycles. The summed E-state index contributed by atoms with van der Waals surface area (Å²) in [5.74, 6) is 0.171. The van der Waals surface area contributed by atoms with Crippen molar-refractivity contribution in [3.8, 4) is 5.75 Å². The Hall–Kier alpha value is -2.49. The summed E-state index contributed by atoms with van der Waals surface area (Å²) < 4.78 is 33.8.